The van der Waals surface area contributed by atoms with Crippen molar-refractivity contribution in [2.24, 2.45) is 0 Å². The van der Waals surface area contributed by atoms with Crippen LogP contribution in [0.1, 0.15) is 26.3 Å². The Labute approximate surface area is 137 Å². The number of hydrogen-bond donors (Lipinski definition) is 2. The summed E-state index contributed by atoms with van der Waals surface area (Å²) in [6.07, 6.45) is -0.143. The molecule has 4 nitrogen and oxygen atoms in total. The number of carbonyl (C=O) groups is 1. The molecule has 2 N–H and O–H groups in total. The van der Waals surface area contributed by atoms with Gasteiger partial charge in [0.05, 0.1) is 12.7 Å². The minimum Gasteiger partial charge on any atom is -0.375 e. The van der Waals surface area contributed by atoms with Gasteiger partial charge in [0.2, 0.25) is 5.91 Å². The summed E-state index contributed by atoms with van der Waals surface area (Å²) >= 11 is 0. The third-order valence-corrected chi connectivity index (χ3v) is 3.91. The van der Waals surface area contributed by atoms with E-state index in [1.54, 1.807) is 6.07 Å². The van der Waals surface area contributed by atoms with Crippen molar-refractivity contribution < 1.29 is 13.9 Å². The van der Waals surface area contributed by atoms with E-state index in [0.717, 1.165) is 5.56 Å². The Morgan fingerprint density at radius 1 is 1.50 bits per heavy atom. The van der Waals surface area contributed by atoms with Crippen molar-refractivity contribution in [2.75, 3.05) is 19.7 Å². The summed E-state index contributed by atoms with van der Waals surface area (Å²) in [4.78, 5) is 12.2. The summed E-state index contributed by atoms with van der Waals surface area (Å²) in [5.74, 6) is -0.338. The molecule has 0 radical (unpaired) electrons. The average Bonchev–Trinajstić information content (AvgIpc) is 2.45. The standard InChI is InChI=1S/C16H23FN2O2.ClH/c1-11-14(18-7-8-21-11)15(20)19-10-16(2,3)12-5-4-6-13(17)9-12;/h4-6,9,11,14,18H,7-8,10H2,1-3H3,(H,19,20);1H/t11-,14+;/m1./s1. The third kappa shape index (κ3) is 4.66. The molecule has 6 heteroatoms. The van der Waals surface area contributed by atoms with Crippen LogP contribution < -0.4 is 10.6 Å². The summed E-state index contributed by atoms with van der Waals surface area (Å²) < 4.78 is 18.8. The van der Waals surface area contributed by atoms with Crippen LogP contribution in [0.2, 0.25) is 0 Å². The Morgan fingerprint density at radius 3 is 2.86 bits per heavy atom. The number of benzene rings is 1. The Balaban J connectivity index is 0.00000242. The number of amides is 1. The molecule has 124 valence electrons. The number of hydrogen-bond acceptors (Lipinski definition) is 3. The highest BCUT2D eigenvalue weighted by atomic mass is 35.5. The zero-order valence-electron chi connectivity index (χ0n) is 13.2. The highest BCUT2D eigenvalue weighted by molar-refractivity contribution is 5.85. The fraction of sp³-hybridized carbons (Fsp3) is 0.562. The van der Waals surface area contributed by atoms with Crippen LogP contribution in [0.25, 0.3) is 0 Å². The molecule has 1 amide bonds. The summed E-state index contributed by atoms with van der Waals surface area (Å²) in [5, 5.41) is 6.09. The smallest absolute Gasteiger partial charge is 0.239 e. The second-order valence-electron chi connectivity index (χ2n) is 6.12. The van der Waals surface area contributed by atoms with E-state index < -0.39 is 0 Å². The minimum absolute atomic E-state index is 0. The van der Waals surface area contributed by atoms with E-state index in [4.69, 9.17) is 4.74 Å². The Morgan fingerprint density at radius 2 is 2.23 bits per heavy atom. The van der Waals surface area contributed by atoms with Crippen molar-refractivity contribution in [2.45, 2.75) is 38.3 Å². The van der Waals surface area contributed by atoms with Gasteiger partial charge in [-0.05, 0) is 24.6 Å². The molecule has 1 saturated heterocycles. The van der Waals surface area contributed by atoms with Gasteiger partial charge < -0.3 is 15.4 Å². The number of carbonyl (C=O) groups excluding carboxylic acids is 1. The van der Waals surface area contributed by atoms with Gasteiger partial charge in [0.1, 0.15) is 11.9 Å². The normalized spacial score (nSPS) is 21.8. The average molecular weight is 331 g/mol. The molecule has 0 aliphatic carbocycles. The first-order valence-electron chi connectivity index (χ1n) is 7.29. The Hall–Kier alpha value is -1.17. The maximum Gasteiger partial charge on any atom is 0.239 e. The van der Waals surface area contributed by atoms with Gasteiger partial charge >= 0.3 is 0 Å². The molecule has 1 heterocycles. The molecule has 1 aliphatic rings. The van der Waals surface area contributed by atoms with Gasteiger partial charge in [-0.15, -0.1) is 12.4 Å². The summed E-state index contributed by atoms with van der Waals surface area (Å²) in [6.45, 7) is 7.59. The number of morpholine rings is 1. The lowest BCUT2D eigenvalue weighted by molar-refractivity contribution is -0.129. The molecule has 0 bridgehead atoms. The van der Waals surface area contributed by atoms with Crippen molar-refractivity contribution in [1.29, 1.82) is 0 Å². The van der Waals surface area contributed by atoms with Crippen molar-refractivity contribution in [1.82, 2.24) is 10.6 Å². The van der Waals surface area contributed by atoms with Crippen molar-refractivity contribution in [3.8, 4) is 0 Å². The SMILES string of the molecule is C[C@H]1OCCN[C@@H]1C(=O)NCC(C)(C)c1cccc(F)c1.Cl. The highest BCUT2D eigenvalue weighted by Gasteiger charge is 2.30. The van der Waals surface area contributed by atoms with E-state index >= 15 is 0 Å². The quantitative estimate of drug-likeness (QED) is 0.888. The number of nitrogens with one attached hydrogen (secondary N) is 2. The van der Waals surface area contributed by atoms with Crippen LogP contribution in [0.3, 0.4) is 0 Å². The first kappa shape index (κ1) is 18.9. The van der Waals surface area contributed by atoms with Gasteiger partial charge in [0.25, 0.3) is 0 Å². The van der Waals surface area contributed by atoms with Crippen LogP contribution in [0.5, 0.6) is 0 Å². The van der Waals surface area contributed by atoms with E-state index in [9.17, 15) is 9.18 Å². The molecule has 1 aromatic rings. The van der Waals surface area contributed by atoms with E-state index in [2.05, 4.69) is 10.6 Å². The summed E-state index contributed by atoms with van der Waals surface area (Å²) in [5.41, 5.74) is 0.528. The first-order chi connectivity index (χ1) is 9.90. The predicted molar refractivity (Wildman–Crippen MR) is 86.9 cm³/mol. The summed E-state index contributed by atoms with van der Waals surface area (Å²) in [6, 6.07) is 6.16. The van der Waals surface area contributed by atoms with Crippen LogP contribution >= 0.6 is 12.4 Å². The molecular weight excluding hydrogens is 307 g/mol. The van der Waals surface area contributed by atoms with E-state index in [1.807, 2.05) is 26.8 Å². The van der Waals surface area contributed by atoms with Gasteiger partial charge in [-0.3, -0.25) is 4.79 Å². The lowest BCUT2D eigenvalue weighted by atomic mass is 9.84. The van der Waals surface area contributed by atoms with E-state index in [-0.39, 0.29) is 41.7 Å². The fourth-order valence-electron chi connectivity index (χ4n) is 2.46. The van der Waals surface area contributed by atoms with Gasteiger partial charge in [-0.1, -0.05) is 26.0 Å². The lowest BCUT2D eigenvalue weighted by Gasteiger charge is -2.31. The van der Waals surface area contributed by atoms with Crippen LogP contribution in [0, 0.1) is 5.82 Å². The molecule has 0 unspecified atom stereocenters. The Bertz CT molecular complexity index is 511. The van der Waals surface area contributed by atoms with Crippen LogP contribution in [-0.4, -0.2) is 37.7 Å². The molecule has 1 aliphatic heterocycles. The first-order valence-corrected chi connectivity index (χ1v) is 7.29. The van der Waals surface area contributed by atoms with Gasteiger partial charge in [-0.25, -0.2) is 4.39 Å². The fourth-order valence-corrected chi connectivity index (χ4v) is 2.46. The molecule has 0 aromatic heterocycles. The maximum atomic E-state index is 13.3. The van der Waals surface area contributed by atoms with E-state index in [1.165, 1.54) is 12.1 Å². The molecule has 2 rings (SSSR count). The zero-order valence-corrected chi connectivity index (χ0v) is 14.0. The topological polar surface area (TPSA) is 50.4 Å². The van der Waals surface area contributed by atoms with Gasteiger partial charge in [-0.2, -0.15) is 0 Å². The van der Waals surface area contributed by atoms with Crippen LogP contribution in [-0.2, 0) is 14.9 Å². The summed E-state index contributed by atoms with van der Waals surface area (Å²) in [7, 11) is 0. The molecular formula is C16H24ClFN2O2. The van der Waals surface area contributed by atoms with Crippen molar-refractivity contribution in [3.63, 3.8) is 0 Å². The molecule has 22 heavy (non-hydrogen) atoms. The largest absolute Gasteiger partial charge is 0.375 e. The van der Waals surface area contributed by atoms with Gasteiger partial charge in [0.15, 0.2) is 0 Å². The molecule has 2 atom stereocenters. The highest BCUT2D eigenvalue weighted by Crippen LogP contribution is 2.23. The molecule has 0 saturated carbocycles. The van der Waals surface area contributed by atoms with Crippen LogP contribution in [0.15, 0.2) is 24.3 Å². The lowest BCUT2D eigenvalue weighted by Crippen LogP contribution is -2.56. The maximum absolute atomic E-state index is 13.3. The molecule has 0 spiro atoms. The Kier molecular flexibility index (Phi) is 6.78. The number of halogens is 2. The molecule has 1 aromatic carbocycles. The monoisotopic (exact) mass is 330 g/mol. The third-order valence-electron chi connectivity index (χ3n) is 3.91. The van der Waals surface area contributed by atoms with Gasteiger partial charge in [0, 0.05) is 18.5 Å². The van der Waals surface area contributed by atoms with Crippen molar-refractivity contribution >= 4 is 18.3 Å². The number of rotatable bonds is 4. The number of ether oxygens (including phenoxy) is 1. The zero-order chi connectivity index (χ0) is 15.5. The van der Waals surface area contributed by atoms with E-state index in [0.29, 0.717) is 19.7 Å². The second-order valence-corrected chi connectivity index (χ2v) is 6.12. The molecule has 1 fully saturated rings. The predicted octanol–water partition coefficient (Wildman–Crippen LogP) is 2.02. The van der Waals surface area contributed by atoms with Crippen LogP contribution in [0.4, 0.5) is 4.39 Å². The minimum atomic E-state index is -0.337. The van der Waals surface area contributed by atoms with Crippen molar-refractivity contribution in [3.05, 3.63) is 35.6 Å². The second kappa shape index (κ2) is 7.90.